The van der Waals surface area contributed by atoms with Gasteiger partial charge in [0.15, 0.2) is 0 Å². The van der Waals surface area contributed by atoms with Gasteiger partial charge in [-0.15, -0.1) is 11.8 Å². The van der Waals surface area contributed by atoms with E-state index in [1.165, 1.54) is 11.8 Å². The minimum absolute atomic E-state index is 0.00144. The summed E-state index contributed by atoms with van der Waals surface area (Å²) < 4.78 is 0. The summed E-state index contributed by atoms with van der Waals surface area (Å²) in [5.74, 6) is -0.584. The van der Waals surface area contributed by atoms with Gasteiger partial charge in [-0.1, -0.05) is 97.1 Å². The number of nitrogens with one attached hydrogen (secondary N) is 2. The fourth-order valence-electron chi connectivity index (χ4n) is 6.07. The highest BCUT2D eigenvalue weighted by Crippen LogP contribution is 2.37. The molecule has 49 heavy (non-hydrogen) atoms. The van der Waals surface area contributed by atoms with Gasteiger partial charge in [-0.2, -0.15) is 0 Å². The maximum Gasteiger partial charge on any atom is 0.272 e. The molecule has 6 aromatic rings. The molecule has 7 heteroatoms. The number of aryl methyl sites for hydroxylation is 2. The summed E-state index contributed by atoms with van der Waals surface area (Å²) in [6.45, 7) is 0. The number of rotatable bonds is 8. The third-order valence-electron chi connectivity index (χ3n) is 8.50. The fraction of sp³-hybridized carbons (Fsp3) is 0.0714. The van der Waals surface area contributed by atoms with Crippen LogP contribution in [0.2, 0.25) is 0 Å². The van der Waals surface area contributed by atoms with Crippen molar-refractivity contribution in [3.63, 3.8) is 0 Å². The molecular formula is C42H33N3O3S. The maximum absolute atomic E-state index is 13.8. The van der Waals surface area contributed by atoms with Crippen LogP contribution in [0.25, 0.3) is 16.8 Å². The Kier molecular flexibility index (Phi) is 9.34. The quantitative estimate of drug-likeness (QED) is 0.127. The van der Waals surface area contributed by atoms with E-state index in [9.17, 15) is 14.4 Å². The van der Waals surface area contributed by atoms with Gasteiger partial charge in [0.05, 0.1) is 17.1 Å². The van der Waals surface area contributed by atoms with Gasteiger partial charge >= 0.3 is 0 Å². The van der Waals surface area contributed by atoms with E-state index in [2.05, 4.69) is 22.8 Å². The topological polar surface area (TPSA) is 78.5 Å². The Morgan fingerprint density at radius 3 is 1.98 bits per heavy atom. The summed E-state index contributed by atoms with van der Waals surface area (Å²) in [6, 6.07) is 46.1. The van der Waals surface area contributed by atoms with Crippen LogP contribution >= 0.6 is 11.8 Å². The van der Waals surface area contributed by atoms with Crippen LogP contribution in [0.5, 0.6) is 0 Å². The van der Waals surface area contributed by atoms with Crippen molar-refractivity contribution in [3.8, 4) is 0 Å². The maximum atomic E-state index is 13.8. The van der Waals surface area contributed by atoms with Crippen LogP contribution in [-0.2, 0) is 22.4 Å². The van der Waals surface area contributed by atoms with Crippen molar-refractivity contribution in [2.24, 2.45) is 0 Å². The van der Waals surface area contributed by atoms with Crippen molar-refractivity contribution in [1.29, 1.82) is 0 Å². The van der Waals surface area contributed by atoms with Crippen molar-refractivity contribution in [2.45, 2.75) is 17.7 Å². The Hall–Kier alpha value is -5.92. The van der Waals surface area contributed by atoms with Crippen molar-refractivity contribution < 1.29 is 14.4 Å². The van der Waals surface area contributed by atoms with Gasteiger partial charge in [0.25, 0.3) is 11.8 Å². The second kappa shape index (κ2) is 14.5. The van der Waals surface area contributed by atoms with E-state index in [0.717, 1.165) is 56.6 Å². The average molecular weight is 660 g/mol. The molecule has 7 rings (SSSR count). The van der Waals surface area contributed by atoms with E-state index in [4.69, 9.17) is 0 Å². The Morgan fingerprint density at radius 1 is 0.653 bits per heavy atom. The first-order chi connectivity index (χ1) is 24.0. The molecule has 6 aromatic carbocycles. The van der Waals surface area contributed by atoms with Gasteiger partial charge in [-0.3, -0.25) is 19.3 Å². The Bertz CT molecular complexity index is 2140. The summed E-state index contributed by atoms with van der Waals surface area (Å²) >= 11 is 1.45. The lowest BCUT2D eigenvalue weighted by Crippen LogP contribution is -2.30. The van der Waals surface area contributed by atoms with Crippen molar-refractivity contribution >= 4 is 63.4 Å². The van der Waals surface area contributed by atoms with Gasteiger partial charge in [0.2, 0.25) is 5.91 Å². The average Bonchev–Trinajstić information content (AvgIpc) is 3.31. The van der Waals surface area contributed by atoms with Gasteiger partial charge in [0, 0.05) is 16.1 Å². The van der Waals surface area contributed by atoms with E-state index in [1.807, 2.05) is 102 Å². The summed E-state index contributed by atoms with van der Waals surface area (Å²) in [6.07, 6.45) is 3.46. The number of amides is 3. The van der Waals surface area contributed by atoms with Crippen LogP contribution in [0.3, 0.4) is 0 Å². The molecule has 0 bridgehead atoms. The molecule has 1 aliphatic heterocycles. The first kappa shape index (κ1) is 31.7. The Morgan fingerprint density at radius 2 is 1.27 bits per heavy atom. The monoisotopic (exact) mass is 659 g/mol. The lowest BCUT2D eigenvalue weighted by atomic mass is 10.0. The molecule has 2 N–H and O–H groups in total. The highest BCUT2D eigenvalue weighted by Gasteiger charge is 2.25. The number of hydrogen-bond donors (Lipinski definition) is 2. The molecule has 0 spiro atoms. The van der Waals surface area contributed by atoms with E-state index < -0.39 is 5.91 Å². The molecule has 3 amide bonds. The third-order valence-corrected chi connectivity index (χ3v) is 9.50. The molecule has 6 nitrogen and oxygen atoms in total. The molecule has 0 saturated heterocycles. The summed E-state index contributed by atoms with van der Waals surface area (Å²) in [7, 11) is 0. The predicted octanol–water partition coefficient (Wildman–Crippen LogP) is 8.81. The normalized spacial score (nSPS) is 12.4. The summed E-state index contributed by atoms with van der Waals surface area (Å²) in [5, 5.41) is 7.75. The second-order valence-corrected chi connectivity index (χ2v) is 12.7. The Balaban J connectivity index is 1.08. The zero-order chi connectivity index (χ0) is 33.6. The Labute approximate surface area is 289 Å². The van der Waals surface area contributed by atoms with Crippen molar-refractivity contribution in [3.05, 3.63) is 174 Å². The molecule has 0 saturated carbocycles. The predicted molar refractivity (Wildman–Crippen MR) is 199 cm³/mol. The van der Waals surface area contributed by atoms with E-state index in [1.54, 1.807) is 42.5 Å². The summed E-state index contributed by atoms with van der Waals surface area (Å²) in [5.41, 5.74) is 6.12. The van der Waals surface area contributed by atoms with E-state index in [0.29, 0.717) is 11.3 Å². The first-order valence-electron chi connectivity index (χ1n) is 16.1. The van der Waals surface area contributed by atoms with Crippen LogP contribution < -0.4 is 15.5 Å². The van der Waals surface area contributed by atoms with Gasteiger partial charge in [0.1, 0.15) is 5.70 Å². The minimum Gasteiger partial charge on any atom is -0.321 e. The number of thioether (sulfide) groups is 1. The molecule has 240 valence electrons. The highest BCUT2D eigenvalue weighted by molar-refractivity contribution is 8.00. The van der Waals surface area contributed by atoms with Crippen molar-refractivity contribution in [2.75, 3.05) is 16.0 Å². The number of carbonyl (C=O) groups is 3. The zero-order valence-corrected chi connectivity index (χ0v) is 27.5. The molecule has 0 aromatic heterocycles. The highest BCUT2D eigenvalue weighted by atomic mass is 32.2. The number of benzene rings is 6. The summed E-state index contributed by atoms with van der Waals surface area (Å²) in [4.78, 5) is 43.3. The fourth-order valence-corrected chi connectivity index (χ4v) is 6.81. The second-order valence-electron chi connectivity index (χ2n) is 11.7. The van der Waals surface area contributed by atoms with Crippen LogP contribution in [0.1, 0.15) is 27.0 Å². The first-order valence-corrected chi connectivity index (χ1v) is 17.1. The number of fused-ring (bicyclic) bond motifs is 3. The van der Waals surface area contributed by atoms with E-state index >= 15 is 0 Å². The van der Waals surface area contributed by atoms with E-state index in [-0.39, 0.29) is 23.3 Å². The van der Waals surface area contributed by atoms with Crippen molar-refractivity contribution in [1.82, 2.24) is 5.32 Å². The van der Waals surface area contributed by atoms with Crippen LogP contribution in [0.4, 0.5) is 17.1 Å². The molecule has 1 heterocycles. The zero-order valence-electron chi connectivity index (χ0n) is 26.6. The van der Waals surface area contributed by atoms with Gasteiger partial charge < -0.3 is 10.6 Å². The number of para-hydroxylation sites is 2. The molecule has 0 aliphatic carbocycles. The lowest BCUT2D eigenvalue weighted by molar-refractivity contribution is -0.115. The molecule has 0 fully saturated rings. The van der Waals surface area contributed by atoms with Crippen LogP contribution in [0.15, 0.2) is 156 Å². The number of hydrogen-bond acceptors (Lipinski definition) is 4. The molecular weight excluding hydrogens is 627 g/mol. The molecule has 0 radical (unpaired) electrons. The molecule has 1 aliphatic rings. The standard InChI is InChI=1S/C42H33N3O3S/c46-40(45-38-19-8-5-12-30(38)21-22-31-13-6-9-20-39(31)45)28-49-35-25-23-34(24-26-35)43-42(48)37(44-41(47)32-14-2-1-3-15-32)27-33-17-10-16-29-11-4-7-18-36(29)33/h1-20,23-27H,21-22,28H2,(H,43,48)(H,44,47)/b37-27-. The van der Waals surface area contributed by atoms with Gasteiger partial charge in [-0.05, 0) is 94.9 Å². The number of carbonyl (C=O) groups excluding carboxylic acids is 3. The van der Waals surface area contributed by atoms with Gasteiger partial charge in [-0.25, -0.2) is 0 Å². The lowest BCUT2D eigenvalue weighted by Gasteiger charge is -2.25. The minimum atomic E-state index is -0.453. The number of nitrogens with zero attached hydrogens (tertiary/aromatic N) is 1. The molecule has 0 atom stereocenters. The molecule has 0 unspecified atom stereocenters. The number of anilines is 3. The smallest absolute Gasteiger partial charge is 0.272 e. The largest absolute Gasteiger partial charge is 0.321 e. The van der Waals surface area contributed by atoms with Crippen LogP contribution in [0, 0.1) is 0 Å². The third kappa shape index (κ3) is 7.17. The van der Waals surface area contributed by atoms with Crippen LogP contribution in [-0.4, -0.2) is 23.5 Å². The SMILES string of the molecule is O=C(Nc1ccc(SCC(=O)N2c3ccccc3CCc3ccccc32)cc1)/C(=C/c1cccc2ccccc12)NC(=O)c1ccccc1.